The average molecular weight is 1050 g/mol. The standard InChI is InChI=1S/C68H53Cl2N3O2S/c1-67(2,3)42-22-26-45(27-23-42)72(58-36-44(69)37-59(66(58)70)73(46-28-24-43(25-29-46)68(4,5)6)51-30-33-55-54-18-9-12-21-64(54)76-65(55)41-51)48-15-13-14-47(38-48)71(49-31-34-62-56(39-49)52-16-7-10-19-60(52)74-62)50-32-35-63-57(40-50)53-17-8-11-20-61(53)75-63/h7-41H,1-6H3. The maximum absolute atomic E-state index is 8.07. The fourth-order valence-corrected chi connectivity index (χ4v) is 12.4. The molecular formula is C68H53Cl2N3O2S. The number of benzene rings is 10. The van der Waals surface area contributed by atoms with Crippen LogP contribution in [-0.4, -0.2) is 0 Å². The first kappa shape index (κ1) is 47.7. The van der Waals surface area contributed by atoms with E-state index < -0.39 is 0 Å². The van der Waals surface area contributed by atoms with Gasteiger partial charge in [-0.25, -0.2) is 0 Å². The second-order valence-corrected chi connectivity index (χ2v) is 23.6. The molecule has 0 bridgehead atoms. The third-order valence-electron chi connectivity index (χ3n) is 14.7. The van der Waals surface area contributed by atoms with Gasteiger partial charge in [-0.15, -0.1) is 11.3 Å². The molecule has 5 nitrogen and oxygen atoms in total. The number of hydrogen-bond donors (Lipinski definition) is 0. The molecule has 0 aliphatic rings. The Kier molecular flexibility index (Phi) is 11.5. The monoisotopic (exact) mass is 1050 g/mol. The molecule has 13 rings (SSSR count). The summed E-state index contributed by atoms with van der Waals surface area (Å²) in [6.07, 6.45) is 0. The zero-order valence-corrected chi connectivity index (χ0v) is 45.4. The minimum absolute atomic E-state index is 0.0336. The van der Waals surface area contributed by atoms with E-state index in [0.29, 0.717) is 10.0 Å². The van der Waals surface area contributed by atoms with Gasteiger partial charge in [0.1, 0.15) is 22.3 Å². The van der Waals surface area contributed by atoms with E-state index in [4.69, 9.17) is 32.0 Å². The van der Waals surface area contributed by atoms with Crippen LogP contribution in [0.25, 0.3) is 64.0 Å². The molecule has 10 aromatic carbocycles. The topological polar surface area (TPSA) is 36.0 Å². The maximum Gasteiger partial charge on any atom is 0.135 e. The normalized spacial score (nSPS) is 12.2. The fourth-order valence-electron chi connectivity index (χ4n) is 10.7. The summed E-state index contributed by atoms with van der Waals surface area (Å²) in [5.41, 5.74) is 13.8. The highest BCUT2D eigenvalue weighted by Crippen LogP contribution is 2.51. The van der Waals surface area contributed by atoms with Crippen molar-refractivity contribution in [2.75, 3.05) is 14.7 Å². The molecule has 76 heavy (non-hydrogen) atoms. The molecule has 0 atom stereocenters. The zero-order valence-electron chi connectivity index (χ0n) is 43.0. The van der Waals surface area contributed by atoms with E-state index in [1.165, 1.54) is 31.3 Å². The second kappa shape index (κ2) is 18.4. The number of anilines is 9. The van der Waals surface area contributed by atoms with Gasteiger partial charge >= 0.3 is 0 Å². The molecule has 0 unspecified atom stereocenters. The molecule has 3 heterocycles. The lowest BCUT2D eigenvalue weighted by Crippen LogP contribution is -2.16. The van der Waals surface area contributed by atoms with Gasteiger partial charge in [0, 0.05) is 86.6 Å². The third-order valence-corrected chi connectivity index (χ3v) is 16.4. The SMILES string of the molecule is CC(C)(C)c1ccc(N(c2cccc(N(c3ccc4oc5ccccc5c4c3)c3ccc4oc5ccccc5c4c3)c2)c2cc(Cl)cc(N(c3ccc(C(C)(C)C)cc3)c3ccc4c(c3)sc3ccccc34)c2Cl)cc1. The Balaban J connectivity index is 1.02. The van der Waals surface area contributed by atoms with Crippen LogP contribution in [0.3, 0.4) is 0 Å². The summed E-state index contributed by atoms with van der Waals surface area (Å²) >= 11 is 17.3. The van der Waals surface area contributed by atoms with Crippen LogP contribution in [-0.2, 0) is 10.8 Å². The van der Waals surface area contributed by atoms with Crippen molar-refractivity contribution in [3.05, 3.63) is 233 Å². The lowest BCUT2D eigenvalue weighted by molar-refractivity contribution is 0.590. The number of halogens is 2. The van der Waals surface area contributed by atoms with Crippen LogP contribution >= 0.6 is 34.5 Å². The van der Waals surface area contributed by atoms with Crippen molar-refractivity contribution in [3.8, 4) is 0 Å². The van der Waals surface area contributed by atoms with Crippen LogP contribution in [0, 0.1) is 0 Å². The average Bonchev–Trinajstić information content (AvgIpc) is 4.12. The van der Waals surface area contributed by atoms with Crippen LogP contribution < -0.4 is 14.7 Å². The molecule has 0 aliphatic carbocycles. The molecule has 0 aliphatic heterocycles. The quantitative estimate of drug-likeness (QED) is 0.144. The summed E-state index contributed by atoms with van der Waals surface area (Å²) in [7, 11) is 0. The van der Waals surface area contributed by atoms with Crippen molar-refractivity contribution in [2.24, 2.45) is 0 Å². The van der Waals surface area contributed by atoms with E-state index in [2.05, 4.69) is 232 Å². The van der Waals surface area contributed by atoms with E-state index in [9.17, 15) is 0 Å². The van der Waals surface area contributed by atoms with Crippen molar-refractivity contribution >= 4 is 150 Å². The Labute approximate surface area is 456 Å². The predicted octanol–water partition coefficient (Wildman–Crippen LogP) is 22.2. The molecule has 3 aromatic heterocycles. The number of furan rings is 2. The molecule has 0 fully saturated rings. The molecule has 0 saturated heterocycles. The summed E-state index contributed by atoms with van der Waals surface area (Å²) in [5, 5.41) is 7.74. The fraction of sp³-hybridized carbons (Fsp3) is 0.118. The van der Waals surface area contributed by atoms with E-state index in [-0.39, 0.29) is 10.8 Å². The molecule has 13 aromatic rings. The summed E-state index contributed by atoms with van der Waals surface area (Å²) < 4.78 is 15.2. The number of thiophene rings is 1. The highest BCUT2D eigenvalue weighted by Gasteiger charge is 2.27. The van der Waals surface area contributed by atoms with Crippen LogP contribution in [0.2, 0.25) is 10.0 Å². The highest BCUT2D eigenvalue weighted by atomic mass is 35.5. The minimum Gasteiger partial charge on any atom is -0.456 e. The molecule has 0 saturated carbocycles. The van der Waals surface area contributed by atoms with Crippen molar-refractivity contribution in [3.63, 3.8) is 0 Å². The van der Waals surface area contributed by atoms with Crippen LogP contribution in [0.1, 0.15) is 52.7 Å². The van der Waals surface area contributed by atoms with Crippen molar-refractivity contribution in [2.45, 2.75) is 52.4 Å². The Morgan fingerprint density at radius 2 is 0.737 bits per heavy atom. The van der Waals surface area contributed by atoms with E-state index >= 15 is 0 Å². The van der Waals surface area contributed by atoms with Crippen molar-refractivity contribution in [1.82, 2.24) is 0 Å². The van der Waals surface area contributed by atoms with E-state index in [1.54, 1.807) is 11.3 Å². The van der Waals surface area contributed by atoms with Crippen LogP contribution in [0.15, 0.2) is 221 Å². The Morgan fingerprint density at radius 3 is 1.26 bits per heavy atom. The first-order valence-electron chi connectivity index (χ1n) is 25.7. The van der Waals surface area contributed by atoms with Crippen LogP contribution in [0.4, 0.5) is 51.2 Å². The third kappa shape index (κ3) is 8.42. The lowest BCUT2D eigenvalue weighted by atomic mass is 9.87. The molecule has 0 N–H and O–H groups in total. The Bertz CT molecular complexity index is 4250. The first-order valence-corrected chi connectivity index (χ1v) is 27.3. The van der Waals surface area contributed by atoms with Crippen molar-refractivity contribution < 1.29 is 8.83 Å². The van der Waals surface area contributed by atoms with Gasteiger partial charge in [-0.1, -0.05) is 156 Å². The van der Waals surface area contributed by atoms with Gasteiger partial charge in [-0.3, -0.25) is 0 Å². The largest absolute Gasteiger partial charge is 0.456 e. The zero-order chi connectivity index (χ0) is 52.0. The minimum atomic E-state index is -0.0635. The van der Waals surface area contributed by atoms with Gasteiger partial charge in [-0.05, 0) is 143 Å². The maximum atomic E-state index is 8.07. The molecule has 8 heteroatoms. The summed E-state index contributed by atoms with van der Waals surface area (Å²) in [6, 6.07) is 74.9. The van der Waals surface area contributed by atoms with Gasteiger partial charge in [0.2, 0.25) is 0 Å². The number of rotatable bonds is 9. The Hall–Kier alpha value is -8.00. The van der Waals surface area contributed by atoms with Gasteiger partial charge < -0.3 is 23.5 Å². The van der Waals surface area contributed by atoms with Gasteiger partial charge in [0.15, 0.2) is 0 Å². The Morgan fingerprint density at radius 1 is 0.329 bits per heavy atom. The molecule has 0 radical (unpaired) electrons. The van der Waals surface area contributed by atoms with E-state index in [0.717, 1.165) is 95.1 Å². The molecule has 0 spiro atoms. The number of hydrogen-bond acceptors (Lipinski definition) is 6. The number of nitrogens with zero attached hydrogens (tertiary/aromatic N) is 3. The van der Waals surface area contributed by atoms with Gasteiger partial charge in [0.25, 0.3) is 0 Å². The molecular weight excluding hydrogens is 994 g/mol. The van der Waals surface area contributed by atoms with Gasteiger partial charge in [-0.2, -0.15) is 0 Å². The lowest BCUT2D eigenvalue weighted by Gasteiger charge is -2.33. The number of para-hydroxylation sites is 2. The smallest absolute Gasteiger partial charge is 0.135 e. The highest BCUT2D eigenvalue weighted by molar-refractivity contribution is 7.25. The predicted molar refractivity (Wildman–Crippen MR) is 325 cm³/mol. The van der Waals surface area contributed by atoms with E-state index in [1.807, 2.05) is 36.4 Å². The molecule has 0 amide bonds. The summed E-state index contributed by atoms with van der Waals surface area (Å²) in [4.78, 5) is 6.80. The van der Waals surface area contributed by atoms with Crippen molar-refractivity contribution in [1.29, 1.82) is 0 Å². The van der Waals surface area contributed by atoms with Crippen LogP contribution in [0.5, 0.6) is 0 Å². The van der Waals surface area contributed by atoms with Gasteiger partial charge in [0.05, 0.1) is 16.4 Å². The summed E-state index contributed by atoms with van der Waals surface area (Å²) in [6.45, 7) is 13.4. The molecule has 372 valence electrons. The second-order valence-electron chi connectivity index (χ2n) is 21.7. The first-order chi connectivity index (χ1) is 36.7. The summed E-state index contributed by atoms with van der Waals surface area (Å²) in [5.74, 6) is 0. The number of fused-ring (bicyclic) bond motifs is 9.